The number of aromatic nitrogens is 1. The third-order valence-corrected chi connectivity index (χ3v) is 6.20. The second-order valence-electron chi connectivity index (χ2n) is 10.6. The normalized spacial score (nSPS) is 17.5. The smallest absolute Gasteiger partial charge is 0.410 e. The van der Waals surface area contributed by atoms with Gasteiger partial charge in [0, 0.05) is 50.2 Å². The van der Waals surface area contributed by atoms with Crippen LogP contribution in [-0.2, 0) is 20.8 Å². The number of benzene rings is 1. The molecule has 186 valence electrons. The average Bonchev–Trinajstić information content (AvgIpc) is 2.81. The van der Waals surface area contributed by atoms with Gasteiger partial charge in [-0.1, -0.05) is 6.07 Å². The van der Waals surface area contributed by atoms with Crippen LogP contribution in [0, 0.1) is 23.7 Å². The van der Waals surface area contributed by atoms with Crippen molar-refractivity contribution in [3.63, 3.8) is 0 Å². The van der Waals surface area contributed by atoms with E-state index < -0.39 is 5.60 Å². The van der Waals surface area contributed by atoms with Crippen molar-refractivity contribution in [3.8, 4) is 6.07 Å². The number of ether oxygens (including phenoxy) is 3. The van der Waals surface area contributed by atoms with Crippen molar-refractivity contribution < 1.29 is 19.0 Å². The first-order valence-corrected chi connectivity index (χ1v) is 12.0. The van der Waals surface area contributed by atoms with Gasteiger partial charge in [-0.05, 0) is 63.6 Å². The standard InChI is InChI=1S/C27H34N4O4/c1-20-5-6-22(14-29-20)15-30(23-9-7-21(13-28)8-10-23)12-11-24-33-18-27(19-34-24)16-31(17-27)25(32)35-26(2,3)4/h5-10,14,24H,11-12,15-19H2,1-4H3. The van der Waals surface area contributed by atoms with Crippen LogP contribution in [0.15, 0.2) is 42.6 Å². The van der Waals surface area contributed by atoms with E-state index >= 15 is 0 Å². The van der Waals surface area contributed by atoms with Crippen LogP contribution in [0.1, 0.15) is 44.0 Å². The predicted molar refractivity (Wildman–Crippen MR) is 132 cm³/mol. The maximum atomic E-state index is 12.2. The number of anilines is 1. The van der Waals surface area contributed by atoms with E-state index in [1.54, 1.807) is 4.90 Å². The Morgan fingerprint density at radius 3 is 2.46 bits per heavy atom. The maximum Gasteiger partial charge on any atom is 0.410 e. The van der Waals surface area contributed by atoms with Crippen molar-refractivity contribution >= 4 is 11.8 Å². The number of carbonyl (C=O) groups is 1. The van der Waals surface area contributed by atoms with Crippen molar-refractivity contribution in [2.24, 2.45) is 5.41 Å². The molecule has 1 spiro atoms. The Labute approximate surface area is 207 Å². The number of likely N-dealkylation sites (tertiary alicyclic amines) is 1. The molecule has 4 rings (SSSR count). The second kappa shape index (κ2) is 10.2. The summed E-state index contributed by atoms with van der Waals surface area (Å²) in [5, 5.41) is 9.13. The van der Waals surface area contributed by atoms with Crippen molar-refractivity contribution in [1.29, 1.82) is 5.26 Å². The van der Waals surface area contributed by atoms with Gasteiger partial charge >= 0.3 is 6.09 Å². The summed E-state index contributed by atoms with van der Waals surface area (Å²) in [6.45, 7) is 11.3. The Bertz CT molecular complexity index is 1040. The van der Waals surface area contributed by atoms with E-state index in [-0.39, 0.29) is 17.8 Å². The van der Waals surface area contributed by atoms with E-state index in [1.807, 2.05) is 64.2 Å². The molecule has 8 nitrogen and oxygen atoms in total. The minimum absolute atomic E-state index is 0.145. The van der Waals surface area contributed by atoms with Gasteiger partial charge in [-0.3, -0.25) is 4.98 Å². The van der Waals surface area contributed by atoms with E-state index in [1.165, 1.54) is 0 Å². The van der Waals surface area contributed by atoms with Crippen LogP contribution in [0.2, 0.25) is 0 Å². The second-order valence-corrected chi connectivity index (χ2v) is 10.6. The van der Waals surface area contributed by atoms with Crippen molar-refractivity contribution in [3.05, 3.63) is 59.4 Å². The third-order valence-electron chi connectivity index (χ3n) is 6.20. The van der Waals surface area contributed by atoms with Crippen molar-refractivity contribution in [1.82, 2.24) is 9.88 Å². The molecule has 8 heteroatoms. The minimum Gasteiger partial charge on any atom is -0.444 e. The lowest BCUT2D eigenvalue weighted by molar-refractivity contribution is -0.254. The molecule has 3 heterocycles. The number of pyridine rings is 1. The molecule has 0 unspecified atom stereocenters. The number of amides is 1. The Morgan fingerprint density at radius 2 is 1.89 bits per heavy atom. The van der Waals surface area contributed by atoms with Gasteiger partial charge in [0.2, 0.25) is 0 Å². The molecule has 35 heavy (non-hydrogen) atoms. The first-order chi connectivity index (χ1) is 16.6. The molecule has 1 amide bonds. The molecule has 2 saturated heterocycles. The first kappa shape index (κ1) is 25.0. The first-order valence-electron chi connectivity index (χ1n) is 12.0. The molecule has 0 N–H and O–H groups in total. The number of hydrogen-bond donors (Lipinski definition) is 0. The fraction of sp³-hybridized carbons (Fsp3) is 0.519. The zero-order valence-corrected chi connectivity index (χ0v) is 21.0. The van der Waals surface area contributed by atoms with Gasteiger partial charge in [0.15, 0.2) is 6.29 Å². The highest BCUT2D eigenvalue weighted by Crippen LogP contribution is 2.36. The highest BCUT2D eigenvalue weighted by atomic mass is 16.7. The molecule has 0 atom stereocenters. The summed E-state index contributed by atoms with van der Waals surface area (Å²) in [5.41, 5.74) is 3.12. The van der Waals surface area contributed by atoms with E-state index in [4.69, 9.17) is 19.5 Å². The summed E-state index contributed by atoms with van der Waals surface area (Å²) >= 11 is 0. The fourth-order valence-corrected chi connectivity index (χ4v) is 4.32. The van der Waals surface area contributed by atoms with E-state index in [9.17, 15) is 4.79 Å². The fourth-order valence-electron chi connectivity index (χ4n) is 4.32. The Morgan fingerprint density at radius 1 is 1.20 bits per heavy atom. The van der Waals surface area contributed by atoms with E-state index in [2.05, 4.69) is 22.0 Å². The van der Waals surface area contributed by atoms with Gasteiger partial charge in [0.25, 0.3) is 0 Å². The molecule has 2 aliphatic rings. The van der Waals surface area contributed by atoms with Crippen molar-refractivity contribution in [2.45, 2.75) is 52.6 Å². The highest BCUT2D eigenvalue weighted by molar-refractivity contribution is 5.69. The van der Waals surface area contributed by atoms with Crippen LogP contribution in [0.5, 0.6) is 0 Å². The average molecular weight is 479 g/mol. The van der Waals surface area contributed by atoms with Crippen LogP contribution >= 0.6 is 0 Å². The van der Waals surface area contributed by atoms with Crippen molar-refractivity contribution in [2.75, 3.05) is 37.7 Å². The quantitative estimate of drug-likeness (QED) is 0.613. The molecular formula is C27H34N4O4. The Hall–Kier alpha value is -3.15. The minimum atomic E-state index is -0.500. The monoisotopic (exact) mass is 478 g/mol. The third kappa shape index (κ3) is 6.50. The zero-order chi connectivity index (χ0) is 25.1. The van der Waals surface area contributed by atoms with Gasteiger partial charge in [-0.25, -0.2) is 4.79 Å². The molecule has 2 aliphatic heterocycles. The molecule has 0 saturated carbocycles. The van der Waals surface area contributed by atoms with E-state index in [0.717, 1.165) is 23.5 Å². The topological polar surface area (TPSA) is 87.9 Å². The van der Waals surface area contributed by atoms with Crippen LogP contribution in [0.4, 0.5) is 10.5 Å². The predicted octanol–water partition coefficient (Wildman–Crippen LogP) is 4.27. The number of nitriles is 1. The number of rotatable bonds is 6. The summed E-state index contributed by atoms with van der Waals surface area (Å²) in [7, 11) is 0. The lowest BCUT2D eigenvalue weighted by Crippen LogP contribution is -2.65. The largest absolute Gasteiger partial charge is 0.444 e. The van der Waals surface area contributed by atoms with Gasteiger partial charge in [0.1, 0.15) is 5.60 Å². The number of aryl methyl sites for hydroxylation is 1. The molecule has 0 bridgehead atoms. The van der Waals surface area contributed by atoms with Gasteiger partial charge in [-0.15, -0.1) is 0 Å². The van der Waals surface area contributed by atoms with Gasteiger partial charge in [0.05, 0.1) is 30.3 Å². The molecule has 1 aromatic carbocycles. The summed E-state index contributed by atoms with van der Waals surface area (Å²) in [4.78, 5) is 20.6. The molecular weight excluding hydrogens is 444 g/mol. The lowest BCUT2D eigenvalue weighted by Gasteiger charge is -2.52. The maximum absolute atomic E-state index is 12.2. The van der Waals surface area contributed by atoms with Crippen LogP contribution in [-0.4, -0.2) is 60.7 Å². The van der Waals surface area contributed by atoms with E-state index in [0.29, 0.717) is 44.8 Å². The zero-order valence-electron chi connectivity index (χ0n) is 21.0. The molecule has 1 aromatic heterocycles. The molecule has 2 fully saturated rings. The van der Waals surface area contributed by atoms with Crippen LogP contribution < -0.4 is 4.90 Å². The highest BCUT2D eigenvalue weighted by Gasteiger charge is 2.49. The molecule has 2 aromatic rings. The SMILES string of the molecule is Cc1ccc(CN(CCC2OCC3(CO2)CN(C(=O)OC(C)(C)C)C3)c2ccc(C#N)cc2)cn1. The number of carbonyl (C=O) groups excluding carboxylic acids is 1. The lowest BCUT2D eigenvalue weighted by atomic mass is 9.81. The molecule has 0 radical (unpaired) electrons. The number of hydrogen-bond acceptors (Lipinski definition) is 7. The summed E-state index contributed by atoms with van der Waals surface area (Å²) in [6.07, 6.45) is 2.02. The van der Waals surface area contributed by atoms with Crippen LogP contribution in [0.25, 0.3) is 0 Å². The summed E-state index contributed by atoms with van der Waals surface area (Å²) in [6, 6.07) is 13.9. The number of nitrogens with zero attached hydrogens (tertiary/aromatic N) is 4. The summed E-state index contributed by atoms with van der Waals surface area (Å²) in [5.74, 6) is 0. The Kier molecular flexibility index (Phi) is 7.29. The van der Waals surface area contributed by atoms with Crippen LogP contribution in [0.3, 0.4) is 0 Å². The Balaban J connectivity index is 1.31. The summed E-state index contributed by atoms with van der Waals surface area (Å²) < 4.78 is 17.6. The van der Waals surface area contributed by atoms with Gasteiger partial charge in [-0.2, -0.15) is 5.26 Å². The molecule has 0 aliphatic carbocycles. The van der Waals surface area contributed by atoms with Gasteiger partial charge < -0.3 is 24.0 Å².